The predicted octanol–water partition coefficient (Wildman–Crippen LogP) is 2.33. The van der Waals surface area contributed by atoms with E-state index in [0.29, 0.717) is 0 Å². The van der Waals surface area contributed by atoms with Gasteiger partial charge >= 0.3 is 0 Å². The molecular formula is C2H8Br3Si. The van der Waals surface area contributed by atoms with Gasteiger partial charge in [-0.1, -0.05) is 13.0 Å². The van der Waals surface area contributed by atoms with Crippen molar-refractivity contribution in [1.29, 1.82) is 0 Å². The monoisotopic (exact) mass is 297 g/mol. The van der Waals surface area contributed by atoms with Gasteiger partial charge in [0, 0.05) is 10.2 Å². The minimum atomic E-state index is 0. The first-order valence-electron chi connectivity index (χ1n) is 1.06. The molecular weight excluding hydrogens is 292 g/mol. The molecule has 3 radical (unpaired) electrons. The van der Waals surface area contributed by atoms with E-state index in [1.165, 1.54) is 0 Å². The molecule has 0 unspecified atom stereocenters. The highest BCUT2D eigenvalue weighted by molar-refractivity contribution is 8.93. The van der Waals surface area contributed by atoms with E-state index in [-0.39, 0.29) is 50.9 Å². The third kappa shape index (κ3) is 44.7. The van der Waals surface area contributed by atoms with Gasteiger partial charge in [-0.25, -0.2) is 0 Å². The molecule has 0 rings (SSSR count). The summed E-state index contributed by atoms with van der Waals surface area (Å²) < 4.78 is 0. The first-order valence-corrected chi connectivity index (χ1v) is 1.77. The Bertz CT molecular complexity index is 8.75. The average molecular weight is 300 g/mol. The normalized spacial score (nSPS) is 3.00. The van der Waals surface area contributed by atoms with Crippen LogP contribution in [0.3, 0.4) is 0 Å². The molecule has 0 saturated carbocycles. The zero-order chi connectivity index (χ0) is 2.71. The third-order valence-corrected chi connectivity index (χ3v) is 0. The van der Waals surface area contributed by atoms with Crippen LogP contribution in [0.25, 0.3) is 0 Å². The lowest BCUT2D eigenvalue weighted by Crippen LogP contribution is -1.41. The van der Waals surface area contributed by atoms with E-state index in [2.05, 4.69) is 10.2 Å². The quantitative estimate of drug-likeness (QED) is 0.602. The minimum absolute atomic E-state index is 0. The molecule has 0 atom stereocenters. The molecule has 0 amide bonds. The van der Waals surface area contributed by atoms with E-state index in [9.17, 15) is 0 Å². The number of hydrogen-bond acceptors (Lipinski definition) is 0. The van der Waals surface area contributed by atoms with Gasteiger partial charge in [0.2, 0.25) is 0 Å². The standard InChI is InChI=1S/C2H5Si.3BrH/c1-2-3;;;/h2H2,1H3;3*1H. The van der Waals surface area contributed by atoms with Gasteiger partial charge in [-0.3, -0.25) is 0 Å². The molecule has 0 aliphatic heterocycles. The zero-order valence-electron chi connectivity index (χ0n) is 3.43. The van der Waals surface area contributed by atoms with Gasteiger partial charge in [-0.05, 0) is 0 Å². The Hall–Kier alpha value is 1.66. The van der Waals surface area contributed by atoms with Crippen molar-refractivity contribution >= 4 is 61.2 Å². The van der Waals surface area contributed by atoms with Crippen LogP contribution in [-0.2, 0) is 0 Å². The Morgan fingerprint density at radius 2 is 1.17 bits per heavy atom. The summed E-state index contributed by atoms with van der Waals surface area (Å²) in [5.41, 5.74) is 0. The lowest BCUT2D eigenvalue weighted by Gasteiger charge is -1.46. The molecule has 0 heterocycles. The fourth-order valence-electron chi connectivity index (χ4n) is 0. The summed E-state index contributed by atoms with van der Waals surface area (Å²) in [5.74, 6) is 0. The molecule has 0 fully saturated rings. The van der Waals surface area contributed by atoms with Crippen molar-refractivity contribution in [3.63, 3.8) is 0 Å². The second kappa shape index (κ2) is 30.2. The van der Waals surface area contributed by atoms with Gasteiger partial charge in [0.15, 0.2) is 0 Å². The lowest BCUT2D eigenvalue weighted by molar-refractivity contribution is 1.48. The van der Waals surface area contributed by atoms with Crippen molar-refractivity contribution in [2.75, 3.05) is 0 Å². The average Bonchev–Trinajstić information content (AvgIpc) is 0.918. The maximum atomic E-state index is 3.18. The number of rotatable bonds is 0. The minimum Gasteiger partial charge on any atom is -0.114 e. The first-order chi connectivity index (χ1) is 1.41. The Balaban J connectivity index is -0.00000000667. The summed E-state index contributed by atoms with van der Waals surface area (Å²) in [4.78, 5) is 0. The van der Waals surface area contributed by atoms with Crippen LogP contribution in [0.1, 0.15) is 6.92 Å². The van der Waals surface area contributed by atoms with Crippen molar-refractivity contribution in [1.82, 2.24) is 0 Å². The van der Waals surface area contributed by atoms with E-state index < -0.39 is 0 Å². The van der Waals surface area contributed by atoms with Crippen molar-refractivity contribution in [3.8, 4) is 0 Å². The summed E-state index contributed by atoms with van der Waals surface area (Å²) in [5, 5.41) is 0. The molecule has 0 nitrogen and oxygen atoms in total. The fraction of sp³-hybridized carbons (Fsp3) is 1.00. The molecule has 0 bridgehead atoms. The molecule has 0 aliphatic rings. The molecule has 0 aromatic carbocycles. The van der Waals surface area contributed by atoms with Crippen LogP contribution in [-0.4, -0.2) is 10.2 Å². The zero-order valence-corrected chi connectivity index (χ0v) is 9.57. The topological polar surface area (TPSA) is 0 Å². The van der Waals surface area contributed by atoms with E-state index in [0.717, 1.165) is 6.04 Å². The predicted molar refractivity (Wildman–Crippen MR) is 47.2 cm³/mol. The van der Waals surface area contributed by atoms with Gasteiger partial charge in [0.25, 0.3) is 0 Å². The molecule has 0 spiro atoms. The maximum absolute atomic E-state index is 3.18. The highest BCUT2D eigenvalue weighted by Crippen LogP contribution is 1.49. The van der Waals surface area contributed by atoms with Gasteiger partial charge in [0.05, 0.1) is 0 Å². The smallest absolute Gasteiger partial charge is 0.0219 e. The van der Waals surface area contributed by atoms with Crippen LogP contribution >= 0.6 is 50.9 Å². The molecule has 0 N–H and O–H groups in total. The number of halogens is 3. The van der Waals surface area contributed by atoms with Gasteiger partial charge in [-0.2, -0.15) is 0 Å². The molecule has 0 aliphatic carbocycles. The van der Waals surface area contributed by atoms with Gasteiger partial charge < -0.3 is 0 Å². The van der Waals surface area contributed by atoms with Crippen LogP contribution < -0.4 is 0 Å². The van der Waals surface area contributed by atoms with Gasteiger partial charge in [-0.15, -0.1) is 50.9 Å². The first kappa shape index (κ1) is 25.4. The SMILES string of the molecule is Br.Br.Br.CC[Si]. The molecule has 0 aromatic heterocycles. The Morgan fingerprint density at radius 1 is 1.17 bits per heavy atom. The van der Waals surface area contributed by atoms with Crippen LogP contribution in [0.2, 0.25) is 6.04 Å². The van der Waals surface area contributed by atoms with E-state index in [4.69, 9.17) is 0 Å². The van der Waals surface area contributed by atoms with Crippen LogP contribution in [0.15, 0.2) is 0 Å². The van der Waals surface area contributed by atoms with Gasteiger partial charge in [0.1, 0.15) is 0 Å². The molecule has 0 aromatic rings. The summed E-state index contributed by atoms with van der Waals surface area (Å²) in [6.45, 7) is 2.04. The van der Waals surface area contributed by atoms with Crippen molar-refractivity contribution < 1.29 is 0 Å². The fourth-order valence-corrected chi connectivity index (χ4v) is 0. The highest BCUT2D eigenvalue weighted by Gasteiger charge is 1.37. The Morgan fingerprint density at radius 3 is 1.17 bits per heavy atom. The molecule has 41 valence electrons. The molecule has 0 saturated heterocycles. The molecule has 6 heavy (non-hydrogen) atoms. The third-order valence-electron chi connectivity index (χ3n) is 0. The highest BCUT2D eigenvalue weighted by atomic mass is 79.9. The largest absolute Gasteiger partial charge is 0.114 e. The van der Waals surface area contributed by atoms with Crippen LogP contribution in [0.4, 0.5) is 0 Å². The Labute approximate surface area is 73.8 Å². The Kier molecular flexibility index (Phi) is 128. The second-order valence-electron chi connectivity index (χ2n) is 0.354. The summed E-state index contributed by atoms with van der Waals surface area (Å²) in [6.07, 6.45) is 0. The van der Waals surface area contributed by atoms with Crippen molar-refractivity contribution in [3.05, 3.63) is 0 Å². The van der Waals surface area contributed by atoms with Crippen LogP contribution in [0.5, 0.6) is 0 Å². The summed E-state index contributed by atoms with van der Waals surface area (Å²) >= 11 is 0. The van der Waals surface area contributed by atoms with Crippen LogP contribution in [0, 0.1) is 0 Å². The lowest BCUT2D eigenvalue weighted by atomic mass is 11.0. The number of hydrogen-bond donors (Lipinski definition) is 0. The molecule has 4 heteroatoms. The summed E-state index contributed by atoms with van der Waals surface area (Å²) in [6, 6.07) is 1.06. The van der Waals surface area contributed by atoms with E-state index in [1.807, 2.05) is 6.92 Å². The summed E-state index contributed by atoms with van der Waals surface area (Å²) in [7, 11) is 3.18. The van der Waals surface area contributed by atoms with E-state index in [1.54, 1.807) is 0 Å². The van der Waals surface area contributed by atoms with Crippen molar-refractivity contribution in [2.45, 2.75) is 13.0 Å². The van der Waals surface area contributed by atoms with E-state index >= 15 is 0 Å². The second-order valence-corrected chi connectivity index (χ2v) is 1.06. The maximum Gasteiger partial charge on any atom is 0.0219 e. The van der Waals surface area contributed by atoms with Crippen molar-refractivity contribution in [2.24, 2.45) is 0 Å².